The monoisotopic (exact) mass is 372 g/mol. The van der Waals surface area contributed by atoms with Gasteiger partial charge in [-0.1, -0.05) is 23.7 Å². The van der Waals surface area contributed by atoms with Crippen molar-refractivity contribution in [1.82, 2.24) is 0 Å². The van der Waals surface area contributed by atoms with Crippen molar-refractivity contribution in [2.45, 2.75) is 26.2 Å². The molecule has 0 saturated carbocycles. The molecule has 3 rings (SSSR count). The van der Waals surface area contributed by atoms with Crippen LogP contribution in [0.3, 0.4) is 0 Å². The van der Waals surface area contributed by atoms with Gasteiger partial charge in [0.05, 0.1) is 23.7 Å². The highest BCUT2D eigenvalue weighted by atomic mass is 35.5. The first-order valence-corrected chi connectivity index (χ1v) is 9.06. The van der Waals surface area contributed by atoms with Crippen LogP contribution in [0.15, 0.2) is 42.5 Å². The van der Waals surface area contributed by atoms with Crippen LogP contribution in [-0.2, 0) is 16.0 Å². The van der Waals surface area contributed by atoms with Crippen molar-refractivity contribution in [3.8, 4) is 5.75 Å². The Labute approximate surface area is 157 Å². The van der Waals surface area contributed by atoms with Crippen molar-refractivity contribution in [2.24, 2.45) is 0 Å². The number of halogens is 1. The number of amides is 2. The summed E-state index contributed by atoms with van der Waals surface area (Å²) in [6.07, 6.45) is 1.66. The Bertz CT molecular complexity index is 805. The SMILES string of the molecule is CCOc1ccc(CC(=O)Nc2ccc(N3CCCC3=O)c(Cl)c2)cc1. The van der Waals surface area contributed by atoms with Crippen LogP contribution in [0.4, 0.5) is 11.4 Å². The van der Waals surface area contributed by atoms with Crippen LogP contribution in [0.5, 0.6) is 5.75 Å². The van der Waals surface area contributed by atoms with Gasteiger partial charge in [0, 0.05) is 18.7 Å². The van der Waals surface area contributed by atoms with Crippen LogP contribution in [0.1, 0.15) is 25.3 Å². The van der Waals surface area contributed by atoms with Crippen molar-refractivity contribution in [1.29, 1.82) is 0 Å². The minimum absolute atomic E-state index is 0.0826. The van der Waals surface area contributed by atoms with Crippen molar-refractivity contribution in [3.63, 3.8) is 0 Å². The molecule has 0 aliphatic carbocycles. The molecule has 2 amide bonds. The van der Waals surface area contributed by atoms with E-state index < -0.39 is 0 Å². The maximum absolute atomic E-state index is 12.2. The van der Waals surface area contributed by atoms with E-state index in [1.165, 1.54) is 0 Å². The summed E-state index contributed by atoms with van der Waals surface area (Å²) >= 11 is 6.31. The fourth-order valence-electron chi connectivity index (χ4n) is 2.97. The van der Waals surface area contributed by atoms with E-state index in [0.717, 1.165) is 17.7 Å². The summed E-state index contributed by atoms with van der Waals surface area (Å²) < 4.78 is 5.39. The lowest BCUT2D eigenvalue weighted by Gasteiger charge is -2.18. The molecular formula is C20H21ClN2O3. The molecule has 1 fully saturated rings. The van der Waals surface area contributed by atoms with Gasteiger partial charge in [-0.05, 0) is 49.2 Å². The summed E-state index contributed by atoms with van der Waals surface area (Å²) in [5.41, 5.74) is 2.20. The van der Waals surface area contributed by atoms with Gasteiger partial charge in [-0.25, -0.2) is 0 Å². The first kappa shape index (κ1) is 18.3. The second-order valence-corrected chi connectivity index (χ2v) is 6.52. The number of ether oxygens (including phenoxy) is 1. The summed E-state index contributed by atoms with van der Waals surface area (Å²) in [4.78, 5) is 25.8. The second kappa shape index (κ2) is 8.23. The summed E-state index contributed by atoms with van der Waals surface area (Å²) in [6, 6.07) is 12.7. The molecule has 0 spiro atoms. The van der Waals surface area contributed by atoms with Gasteiger partial charge in [0.15, 0.2) is 0 Å². The molecule has 2 aromatic rings. The molecule has 1 aliphatic heterocycles. The van der Waals surface area contributed by atoms with Gasteiger partial charge in [0.2, 0.25) is 11.8 Å². The Morgan fingerprint density at radius 3 is 2.62 bits per heavy atom. The Morgan fingerprint density at radius 1 is 1.23 bits per heavy atom. The van der Waals surface area contributed by atoms with Crippen molar-refractivity contribution in [3.05, 3.63) is 53.1 Å². The highest BCUT2D eigenvalue weighted by molar-refractivity contribution is 6.34. The van der Waals surface area contributed by atoms with Crippen molar-refractivity contribution < 1.29 is 14.3 Å². The summed E-state index contributed by atoms with van der Waals surface area (Å²) in [7, 11) is 0. The first-order chi connectivity index (χ1) is 12.6. The molecule has 0 radical (unpaired) electrons. The fraction of sp³-hybridized carbons (Fsp3) is 0.300. The van der Waals surface area contributed by atoms with E-state index in [1.54, 1.807) is 23.1 Å². The Hall–Kier alpha value is -2.53. The van der Waals surface area contributed by atoms with Gasteiger partial charge in [-0.15, -0.1) is 0 Å². The van der Waals surface area contributed by atoms with Crippen LogP contribution in [0, 0.1) is 0 Å². The van der Waals surface area contributed by atoms with Crippen LogP contribution in [-0.4, -0.2) is 25.0 Å². The van der Waals surface area contributed by atoms with Crippen molar-refractivity contribution >= 4 is 34.8 Å². The molecule has 136 valence electrons. The van der Waals surface area contributed by atoms with Gasteiger partial charge in [0.1, 0.15) is 5.75 Å². The number of anilines is 2. The number of rotatable bonds is 6. The fourth-order valence-corrected chi connectivity index (χ4v) is 3.25. The lowest BCUT2D eigenvalue weighted by atomic mass is 10.1. The normalized spacial score (nSPS) is 13.8. The molecule has 1 N–H and O–H groups in total. The number of nitrogens with one attached hydrogen (secondary N) is 1. The van der Waals surface area contributed by atoms with Gasteiger partial charge >= 0.3 is 0 Å². The third kappa shape index (κ3) is 4.35. The van der Waals surface area contributed by atoms with Gasteiger partial charge in [-0.3, -0.25) is 9.59 Å². The summed E-state index contributed by atoms with van der Waals surface area (Å²) in [5, 5.41) is 3.30. The minimum atomic E-state index is -0.129. The van der Waals surface area contributed by atoms with E-state index >= 15 is 0 Å². The van der Waals surface area contributed by atoms with Gasteiger partial charge in [0.25, 0.3) is 0 Å². The zero-order valence-electron chi connectivity index (χ0n) is 14.6. The van der Waals surface area contributed by atoms with Crippen molar-refractivity contribution in [2.75, 3.05) is 23.4 Å². The number of carbonyl (C=O) groups is 2. The van der Waals surface area contributed by atoms with Crippen LogP contribution in [0.25, 0.3) is 0 Å². The zero-order chi connectivity index (χ0) is 18.5. The molecule has 1 aliphatic rings. The molecule has 0 bridgehead atoms. The second-order valence-electron chi connectivity index (χ2n) is 6.12. The van der Waals surface area contributed by atoms with Crippen LogP contribution >= 0.6 is 11.6 Å². The van der Waals surface area contributed by atoms with E-state index in [-0.39, 0.29) is 18.2 Å². The number of carbonyl (C=O) groups excluding carboxylic acids is 2. The van der Waals surface area contributed by atoms with E-state index in [0.29, 0.717) is 36.0 Å². The largest absolute Gasteiger partial charge is 0.494 e. The Morgan fingerprint density at radius 2 is 2.00 bits per heavy atom. The maximum atomic E-state index is 12.2. The summed E-state index contributed by atoms with van der Waals surface area (Å²) in [6.45, 7) is 3.22. The van der Waals surface area contributed by atoms with E-state index in [2.05, 4.69) is 5.32 Å². The molecule has 5 nitrogen and oxygen atoms in total. The number of hydrogen-bond acceptors (Lipinski definition) is 3. The Kier molecular flexibility index (Phi) is 5.78. The van der Waals surface area contributed by atoms with Gasteiger partial charge in [-0.2, -0.15) is 0 Å². The number of nitrogens with zero attached hydrogens (tertiary/aromatic N) is 1. The van der Waals surface area contributed by atoms with E-state index in [1.807, 2.05) is 31.2 Å². The lowest BCUT2D eigenvalue weighted by Crippen LogP contribution is -2.24. The molecule has 0 atom stereocenters. The quantitative estimate of drug-likeness (QED) is 0.832. The summed E-state index contributed by atoms with van der Waals surface area (Å²) in [5.74, 6) is 0.741. The average Bonchev–Trinajstić information content (AvgIpc) is 3.03. The number of hydrogen-bond donors (Lipinski definition) is 1. The van der Waals surface area contributed by atoms with Gasteiger partial charge < -0.3 is 15.0 Å². The lowest BCUT2D eigenvalue weighted by molar-refractivity contribution is -0.117. The molecule has 6 heteroatoms. The molecule has 2 aromatic carbocycles. The maximum Gasteiger partial charge on any atom is 0.228 e. The van der Waals surface area contributed by atoms with E-state index in [4.69, 9.17) is 16.3 Å². The third-order valence-electron chi connectivity index (χ3n) is 4.19. The van der Waals surface area contributed by atoms with Crippen LogP contribution in [0.2, 0.25) is 5.02 Å². The molecule has 1 heterocycles. The standard InChI is InChI=1S/C20H21ClN2O3/c1-2-26-16-8-5-14(6-9-16)12-19(24)22-15-7-10-18(17(21)13-15)23-11-3-4-20(23)25/h5-10,13H,2-4,11-12H2,1H3,(H,22,24). The first-order valence-electron chi connectivity index (χ1n) is 8.68. The third-order valence-corrected chi connectivity index (χ3v) is 4.50. The predicted octanol–water partition coefficient (Wildman–Crippen LogP) is 4.05. The molecule has 1 saturated heterocycles. The molecule has 26 heavy (non-hydrogen) atoms. The highest BCUT2D eigenvalue weighted by Crippen LogP contribution is 2.31. The molecular weight excluding hydrogens is 352 g/mol. The average molecular weight is 373 g/mol. The predicted molar refractivity (Wildman–Crippen MR) is 103 cm³/mol. The molecule has 0 unspecified atom stereocenters. The highest BCUT2D eigenvalue weighted by Gasteiger charge is 2.23. The Balaban J connectivity index is 1.62. The van der Waals surface area contributed by atoms with E-state index in [9.17, 15) is 9.59 Å². The van der Waals surface area contributed by atoms with Crippen LogP contribution < -0.4 is 15.0 Å². The number of benzene rings is 2. The smallest absolute Gasteiger partial charge is 0.228 e. The topological polar surface area (TPSA) is 58.6 Å². The minimum Gasteiger partial charge on any atom is -0.494 e. The zero-order valence-corrected chi connectivity index (χ0v) is 15.4. The molecule has 0 aromatic heterocycles.